The second-order valence-electron chi connectivity index (χ2n) is 5.92. The van der Waals surface area contributed by atoms with Gasteiger partial charge in [-0.3, -0.25) is 9.69 Å². The normalized spacial score (nSPS) is 16.0. The Bertz CT molecular complexity index is 685. The smallest absolute Gasteiger partial charge is 0.315 e. The number of nitrogens with one attached hydrogen (secondary N) is 1. The van der Waals surface area contributed by atoms with Gasteiger partial charge in [0.2, 0.25) is 0 Å². The minimum atomic E-state index is -0.705. The summed E-state index contributed by atoms with van der Waals surface area (Å²) >= 11 is 0. The maximum absolute atomic E-state index is 10.9. The molecule has 0 aliphatic carbocycles. The van der Waals surface area contributed by atoms with E-state index in [9.17, 15) is 4.79 Å². The van der Waals surface area contributed by atoms with Crippen molar-refractivity contribution in [2.24, 2.45) is 5.73 Å². The molecule has 1 amide bonds. The van der Waals surface area contributed by atoms with Crippen molar-refractivity contribution in [1.29, 1.82) is 0 Å². The molecule has 0 radical (unpaired) electrons. The first-order valence-electron chi connectivity index (χ1n) is 7.76. The van der Waals surface area contributed by atoms with E-state index in [1.807, 2.05) is 0 Å². The first-order valence-corrected chi connectivity index (χ1v) is 7.76. The first kappa shape index (κ1) is 15.6. The van der Waals surface area contributed by atoms with Gasteiger partial charge in [-0.2, -0.15) is 4.98 Å². The van der Waals surface area contributed by atoms with E-state index in [0.29, 0.717) is 12.4 Å². The molecule has 0 saturated heterocycles. The number of amides is 1. The van der Waals surface area contributed by atoms with Crippen LogP contribution >= 0.6 is 0 Å². The monoisotopic (exact) mass is 315 g/mol. The summed E-state index contributed by atoms with van der Waals surface area (Å²) < 4.78 is 4.76. The van der Waals surface area contributed by atoms with Gasteiger partial charge in [0.05, 0.1) is 6.54 Å². The van der Waals surface area contributed by atoms with E-state index in [1.165, 1.54) is 11.1 Å². The van der Waals surface area contributed by atoms with Crippen LogP contribution in [0.1, 0.15) is 34.6 Å². The third-order valence-corrected chi connectivity index (χ3v) is 4.03. The maximum Gasteiger partial charge on any atom is 0.315 e. The highest BCUT2D eigenvalue weighted by atomic mass is 16.5. The topological polar surface area (TPSA) is 97.3 Å². The average molecular weight is 315 g/mol. The van der Waals surface area contributed by atoms with Gasteiger partial charge in [-0.25, -0.2) is 0 Å². The lowest BCUT2D eigenvalue weighted by atomic mass is 10.00. The van der Waals surface area contributed by atoms with Gasteiger partial charge in [-0.15, -0.1) is 0 Å². The van der Waals surface area contributed by atoms with Crippen LogP contribution in [-0.2, 0) is 19.5 Å². The van der Waals surface area contributed by atoms with Gasteiger partial charge in [0.25, 0.3) is 0 Å². The minimum Gasteiger partial charge on any atom is -0.361 e. The lowest BCUT2D eigenvalue weighted by Crippen LogP contribution is -2.41. The summed E-state index contributed by atoms with van der Waals surface area (Å²) in [7, 11) is 0. The number of carbonyl (C=O) groups excluding carboxylic acids is 1. The van der Waals surface area contributed by atoms with Crippen LogP contribution < -0.4 is 11.1 Å². The summed E-state index contributed by atoms with van der Waals surface area (Å²) in [6, 6.07) is 8.88. The number of carbonyl (C=O) groups is 1. The molecule has 2 heterocycles. The van der Waals surface area contributed by atoms with E-state index in [2.05, 4.69) is 51.5 Å². The SMILES string of the molecule is C[C@@H](CN1CCc2ccccc2C1)NCc1noc(C(N)=O)n1. The van der Waals surface area contributed by atoms with E-state index in [0.717, 1.165) is 26.1 Å². The fraction of sp³-hybridized carbons (Fsp3) is 0.438. The van der Waals surface area contributed by atoms with Crippen molar-refractivity contribution >= 4 is 5.91 Å². The highest BCUT2D eigenvalue weighted by Crippen LogP contribution is 2.18. The molecule has 7 nitrogen and oxygen atoms in total. The Labute approximate surface area is 134 Å². The number of aromatic nitrogens is 2. The average Bonchev–Trinajstić information content (AvgIpc) is 3.02. The molecule has 1 atom stereocenters. The van der Waals surface area contributed by atoms with Crippen molar-refractivity contribution in [1.82, 2.24) is 20.4 Å². The van der Waals surface area contributed by atoms with E-state index in [-0.39, 0.29) is 11.9 Å². The van der Waals surface area contributed by atoms with Gasteiger partial charge in [0.1, 0.15) is 0 Å². The molecular weight excluding hydrogens is 294 g/mol. The second kappa shape index (κ2) is 6.89. The van der Waals surface area contributed by atoms with Crippen LogP contribution in [0.2, 0.25) is 0 Å². The van der Waals surface area contributed by atoms with Crippen LogP contribution in [0.5, 0.6) is 0 Å². The molecule has 0 spiro atoms. The predicted molar refractivity (Wildman–Crippen MR) is 84.5 cm³/mol. The predicted octanol–water partition coefficient (Wildman–Crippen LogP) is 0.705. The summed E-state index contributed by atoms with van der Waals surface area (Å²) in [6.07, 6.45) is 1.09. The first-order chi connectivity index (χ1) is 11.1. The lowest BCUT2D eigenvalue weighted by molar-refractivity contribution is 0.0958. The summed E-state index contributed by atoms with van der Waals surface area (Å²) in [5, 5.41) is 7.07. The molecule has 0 unspecified atom stereocenters. The fourth-order valence-corrected chi connectivity index (χ4v) is 2.85. The van der Waals surface area contributed by atoms with Gasteiger partial charge in [0.15, 0.2) is 5.82 Å². The summed E-state index contributed by atoms with van der Waals surface area (Å²) in [5.41, 5.74) is 7.95. The number of nitrogens with zero attached hydrogens (tertiary/aromatic N) is 3. The van der Waals surface area contributed by atoms with E-state index >= 15 is 0 Å². The third-order valence-electron chi connectivity index (χ3n) is 4.03. The fourth-order valence-electron chi connectivity index (χ4n) is 2.85. The van der Waals surface area contributed by atoms with Crippen molar-refractivity contribution in [3.8, 4) is 0 Å². The highest BCUT2D eigenvalue weighted by Gasteiger charge is 2.18. The molecule has 3 rings (SSSR count). The number of nitrogens with two attached hydrogens (primary N) is 1. The van der Waals surface area contributed by atoms with Crippen LogP contribution in [-0.4, -0.2) is 40.1 Å². The zero-order valence-corrected chi connectivity index (χ0v) is 13.2. The molecule has 1 aliphatic rings. The quantitative estimate of drug-likeness (QED) is 0.814. The Kier molecular flexibility index (Phi) is 4.68. The molecule has 0 saturated carbocycles. The van der Waals surface area contributed by atoms with E-state index in [1.54, 1.807) is 0 Å². The molecular formula is C16H21N5O2. The minimum absolute atomic E-state index is 0.151. The number of fused-ring (bicyclic) bond motifs is 1. The van der Waals surface area contributed by atoms with Crippen LogP contribution in [0.4, 0.5) is 0 Å². The molecule has 7 heteroatoms. The Morgan fingerprint density at radius 3 is 2.96 bits per heavy atom. The molecule has 1 aromatic carbocycles. The van der Waals surface area contributed by atoms with Gasteiger partial charge in [0, 0.05) is 25.7 Å². The molecule has 3 N–H and O–H groups in total. The Morgan fingerprint density at radius 2 is 2.22 bits per heavy atom. The molecule has 2 aromatic rings. The van der Waals surface area contributed by atoms with Gasteiger partial charge < -0.3 is 15.6 Å². The number of hydrogen-bond donors (Lipinski definition) is 2. The molecule has 122 valence electrons. The highest BCUT2D eigenvalue weighted by molar-refractivity contribution is 5.87. The van der Waals surface area contributed by atoms with Crippen LogP contribution in [0.15, 0.2) is 28.8 Å². The van der Waals surface area contributed by atoms with Crippen LogP contribution in [0.3, 0.4) is 0 Å². The largest absolute Gasteiger partial charge is 0.361 e. The number of benzene rings is 1. The number of primary amides is 1. The Balaban J connectivity index is 1.48. The molecule has 1 aliphatic heterocycles. The van der Waals surface area contributed by atoms with Gasteiger partial charge >= 0.3 is 11.8 Å². The van der Waals surface area contributed by atoms with Crippen LogP contribution in [0, 0.1) is 0 Å². The summed E-state index contributed by atoms with van der Waals surface area (Å²) in [5.74, 6) is -0.416. The number of hydrogen-bond acceptors (Lipinski definition) is 6. The zero-order valence-electron chi connectivity index (χ0n) is 13.2. The summed E-state index contributed by atoms with van der Waals surface area (Å²) in [6.45, 7) is 5.56. The standard InChI is InChI=1S/C16H21N5O2/c1-11(18-8-14-19-16(15(17)22)23-20-14)9-21-7-6-12-4-2-3-5-13(12)10-21/h2-5,11,18H,6-10H2,1H3,(H2,17,22)/t11-/m0/s1. The Hall–Kier alpha value is -2.25. The molecule has 1 aromatic heterocycles. The second-order valence-corrected chi connectivity index (χ2v) is 5.92. The maximum atomic E-state index is 10.9. The zero-order chi connectivity index (χ0) is 16.2. The van der Waals surface area contributed by atoms with E-state index < -0.39 is 5.91 Å². The third kappa shape index (κ3) is 3.94. The molecule has 0 bridgehead atoms. The lowest BCUT2D eigenvalue weighted by Gasteiger charge is -2.31. The van der Waals surface area contributed by atoms with E-state index in [4.69, 9.17) is 10.3 Å². The van der Waals surface area contributed by atoms with Gasteiger partial charge in [-0.05, 0) is 24.5 Å². The molecule has 23 heavy (non-hydrogen) atoms. The van der Waals surface area contributed by atoms with Crippen molar-refractivity contribution < 1.29 is 9.32 Å². The van der Waals surface area contributed by atoms with Crippen molar-refractivity contribution in [3.05, 3.63) is 47.1 Å². The summed E-state index contributed by atoms with van der Waals surface area (Å²) in [4.78, 5) is 17.3. The van der Waals surface area contributed by atoms with Crippen LogP contribution in [0.25, 0.3) is 0 Å². The Morgan fingerprint density at radius 1 is 1.43 bits per heavy atom. The van der Waals surface area contributed by atoms with Crippen molar-refractivity contribution in [2.75, 3.05) is 13.1 Å². The van der Waals surface area contributed by atoms with Crippen molar-refractivity contribution in [3.63, 3.8) is 0 Å². The van der Waals surface area contributed by atoms with Gasteiger partial charge in [-0.1, -0.05) is 29.4 Å². The van der Waals surface area contributed by atoms with Crippen molar-refractivity contribution in [2.45, 2.75) is 32.5 Å². The molecule has 0 fully saturated rings. The number of rotatable bonds is 6.